The molecule has 94 valence electrons. The number of nitrogens with zero attached hydrogens (tertiary/aromatic N) is 2. The van der Waals surface area contributed by atoms with Crippen LogP contribution in [0.5, 0.6) is 11.6 Å². The molecule has 0 aliphatic carbocycles. The van der Waals surface area contributed by atoms with Crippen LogP contribution in [0.1, 0.15) is 11.4 Å². The van der Waals surface area contributed by atoms with Crippen LogP contribution in [0.3, 0.4) is 0 Å². The van der Waals surface area contributed by atoms with Gasteiger partial charge in [0, 0.05) is 11.8 Å². The van der Waals surface area contributed by atoms with Crippen molar-refractivity contribution >= 4 is 23.2 Å². The molecule has 0 aliphatic heterocycles. The molecule has 0 bridgehead atoms. The minimum absolute atomic E-state index is 0.00645. The van der Waals surface area contributed by atoms with Crippen LogP contribution < -0.4 is 4.74 Å². The highest BCUT2D eigenvalue weighted by Gasteiger charge is 2.12. The van der Waals surface area contributed by atoms with Crippen molar-refractivity contribution in [3.05, 3.63) is 46.6 Å². The van der Waals surface area contributed by atoms with Gasteiger partial charge in [0.15, 0.2) is 11.6 Å². The van der Waals surface area contributed by atoms with Crippen LogP contribution in [0.15, 0.2) is 24.4 Å². The van der Waals surface area contributed by atoms with E-state index in [1.807, 2.05) is 0 Å². The fourth-order valence-corrected chi connectivity index (χ4v) is 1.67. The van der Waals surface area contributed by atoms with E-state index in [4.69, 9.17) is 27.9 Å². The van der Waals surface area contributed by atoms with Gasteiger partial charge in [0.1, 0.15) is 5.82 Å². The number of halogens is 3. The molecule has 1 aromatic carbocycles. The lowest BCUT2D eigenvalue weighted by molar-refractivity contribution is 0.422. The normalized spacial score (nSPS) is 10.4. The van der Waals surface area contributed by atoms with Gasteiger partial charge < -0.3 is 4.74 Å². The van der Waals surface area contributed by atoms with Gasteiger partial charge >= 0.3 is 0 Å². The Balaban J connectivity index is 2.39. The molecule has 2 rings (SSSR count). The molecule has 1 heterocycles. The molecule has 3 nitrogen and oxygen atoms in total. The minimum Gasteiger partial charge on any atom is -0.435 e. The first-order valence-corrected chi connectivity index (χ1v) is 6.03. The predicted molar refractivity (Wildman–Crippen MR) is 67.8 cm³/mol. The minimum atomic E-state index is -0.629. The molecule has 2 aromatic rings. The average molecular weight is 287 g/mol. The van der Waals surface area contributed by atoms with Gasteiger partial charge in [0.05, 0.1) is 10.9 Å². The molecular weight excluding hydrogens is 278 g/mol. The van der Waals surface area contributed by atoms with Gasteiger partial charge in [0.25, 0.3) is 0 Å². The zero-order chi connectivity index (χ0) is 13.1. The second-order valence-corrected chi connectivity index (χ2v) is 4.21. The van der Waals surface area contributed by atoms with Crippen molar-refractivity contribution in [3.63, 3.8) is 0 Å². The fourth-order valence-electron chi connectivity index (χ4n) is 1.32. The Labute approximate surface area is 114 Å². The van der Waals surface area contributed by atoms with Crippen molar-refractivity contribution in [3.8, 4) is 11.6 Å². The number of hydrogen-bond acceptors (Lipinski definition) is 3. The van der Waals surface area contributed by atoms with E-state index >= 15 is 0 Å². The highest BCUT2D eigenvalue weighted by atomic mass is 35.5. The third-order valence-electron chi connectivity index (χ3n) is 2.21. The molecule has 18 heavy (non-hydrogen) atoms. The molecule has 1 aromatic heterocycles. The first-order chi connectivity index (χ1) is 8.61. The van der Waals surface area contributed by atoms with E-state index in [1.165, 1.54) is 12.1 Å². The molecule has 0 unspecified atom stereocenters. The first kappa shape index (κ1) is 13.1. The third kappa shape index (κ3) is 2.71. The van der Waals surface area contributed by atoms with Crippen LogP contribution >= 0.6 is 23.2 Å². The van der Waals surface area contributed by atoms with Gasteiger partial charge in [-0.2, -0.15) is 4.98 Å². The standard InChI is InChI=1S/C12H9Cl2FN2O/c1-7-16-6-8(5-13)12(17-7)18-10-4-2-3-9(14)11(10)15/h2-4,6H,5H2,1H3. The highest BCUT2D eigenvalue weighted by molar-refractivity contribution is 6.30. The second kappa shape index (κ2) is 5.50. The number of rotatable bonds is 3. The molecule has 0 saturated heterocycles. The van der Waals surface area contributed by atoms with Gasteiger partial charge in [0.2, 0.25) is 5.88 Å². The smallest absolute Gasteiger partial charge is 0.227 e. The molecular formula is C12H9Cl2FN2O. The van der Waals surface area contributed by atoms with Gasteiger partial charge in [-0.05, 0) is 19.1 Å². The Kier molecular flexibility index (Phi) is 3.99. The lowest BCUT2D eigenvalue weighted by Gasteiger charge is -2.09. The first-order valence-electron chi connectivity index (χ1n) is 5.12. The summed E-state index contributed by atoms with van der Waals surface area (Å²) >= 11 is 11.4. The topological polar surface area (TPSA) is 35.0 Å². The fraction of sp³-hybridized carbons (Fsp3) is 0.167. The second-order valence-electron chi connectivity index (χ2n) is 3.54. The molecule has 0 aliphatic rings. The quantitative estimate of drug-likeness (QED) is 0.797. The van der Waals surface area contributed by atoms with Crippen molar-refractivity contribution in [1.82, 2.24) is 9.97 Å². The van der Waals surface area contributed by atoms with E-state index in [0.29, 0.717) is 11.4 Å². The van der Waals surface area contributed by atoms with Crippen LogP contribution in [0.4, 0.5) is 4.39 Å². The van der Waals surface area contributed by atoms with E-state index < -0.39 is 5.82 Å². The zero-order valence-corrected chi connectivity index (χ0v) is 11.0. The molecule has 6 heteroatoms. The lowest BCUT2D eigenvalue weighted by atomic mass is 10.3. The summed E-state index contributed by atoms with van der Waals surface area (Å²) in [6.45, 7) is 1.71. The Hall–Kier alpha value is -1.39. The van der Waals surface area contributed by atoms with Crippen LogP contribution in [0, 0.1) is 12.7 Å². The Morgan fingerprint density at radius 3 is 2.89 bits per heavy atom. The predicted octanol–water partition coefficient (Wildman–Crippen LogP) is 4.11. The molecule has 0 N–H and O–H groups in total. The maximum absolute atomic E-state index is 13.7. The van der Waals surface area contributed by atoms with Crippen molar-refractivity contribution in [2.75, 3.05) is 0 Å². The number of benzene rings is 1. The average Bonchev–Trinajstić information content (AvgIpc) is 2.35. The van der Waals surface area contributed by atoms with Gasteiger partial charge in [-0.25, -0.2) is 9.37 Å². The van der Waals surface area contributed by atoms with Crippen LogP contribution in [-0.4, -0.2) is 9.97 Å². The Morgan fingerprint density at radius 1 is 1.39 bits per heavy atom. The van der Waals surface area contributed by atoms with Crippen LogP contribution in [0.25, 0.3) is 0 Å². The van der Waals surface area contributed by atoms with Crippen LogP contribution in [0.2, 0.25) is 5.02 Å². The zero-order valence-electron chi connectivity index (χ0n) is 9.45. The number of hydrogen-bond donors (Lipinski definition) is 0. The number of aryl methyl sites for hydroxylation is 1. The summed E-state index contributed by atoms with van der Waals surface area (Å²) in [5.41, 5.74) is 0.585. The number of alkyl halides is 1. The van der Waals surface area contributed by atoms with Crippen molar-refractivity contribution in [1.29, 1.82) is 0 Å². The lowest BCUT2D eigenvalue weighted by Crippen LogP contribution is -1.98. The van der Waals surface area contributed by atoms with E-state index in [1.54, 1.807) is 19.2 Å². The molecule has 0 spiro atoms. The Bertz CT molecular complexity index is 578. The van der Waals surface area contributed by atoms with Crippen molar-refractivity contribution < 1.29 is 9.13 Å². The van der Waals surface area contributed by atoms with Gasteiger partial charge in [-0.3, -0.25) is 0 Å². The molecule has 0 amide bonds. The summed E-state index contributed by atoms with van der Waals surface area (Å²) in [5, 5.41) is -0.00861. The highest BCUT2D eigenvalue weighted by Crippen LogP contribution is 2.29. The number of aromatic nitrogens is 2. The summed E-state index contributed by atoms with van der Waals surface area (Å²) in [7, 11) is 0. The molecule has 0 fully saturated rings. The molecule has 0 saturated carbocycles. The van der Waals surface area contributed by atoms with E-state index in [2.05, 4.69) is 9.97 Å². The summed E-state index contributed by atoms with van der Waals surface area (Å²) in [4.78, 5) is 8.08. The van der Waals surface area contributed by atoms with Gasteiger partial charge in [-0.15, -0.1) is 11.6 Å². The summed E-state index contributed by atoms with van der Waals surface area (Å²) in [6.07, 6.45) is 1.55. The van der Waals surface area contributed by atoms with E-state index in [9.17, 15) is 4.39 Å². The number of ether oxygens (including phenoxy) is 1. The summed E-state index contributed by atoms with van der Waals surface area (Å²) in [5.74, 6) is 0.306. The third-order valence-corrected chi connectivity index (χ3v) is 2.79. The summed E-state index contributed by atoms with van der Waals surface area (Å²) < 4.78 is 19.1. The van der Waals surface area contributed by atoms with Crippen LogP contribution in [-0.2, 0) is 5.88 Å². The molecule has 0 atom stereocenters. The van der Waals surface area contributed by atoms with Crippen molar-refractivity contribution in [2.45, 2.75) is 12.8 Å². The van der Waals surface area contributed by atoms with E-state index in [0.717, 1.165) is 0 Å². The van der Waals surface area contributed by atoms with Crippen molar-refractivity contribution in [2.24, 2.45) is 0 Å². The SMILES string of the molecule is Cc1ncc(CCl)c(Oc2cccc(Cl)c2F)n1. The largest absolute Gasteiger partial charge is 0.435 e. The van der Waals surface area contributed by atoms with Gasteiger partial charge in [-0.1, -0.05) is 17.7 Å². The Morgan fingerprint density at radius 2 is 2.17 bits per heavy atom. The summed E-state index contributed by atoms with van der Waals surface area (Å²) in [6, 6.07) is 4.50. The molecule has 0 radical (unpaired) electrons. The van der Waals surface area contributed by atoms with E-state index in [-0.39, 0.29) is 22.5 Å². The monoisotopic (exact) mass is 286 g/mol. The maximum Gasteiger partial charge on any atom is 0.227 e. The maximum atomic E-state index is 13.7.